The van der Waals surface area contributed by atoms with E-state index in [2.05, 4.69) is 21.7 Å². The molecule has 0 fully saturated rings. The summed E-state index contributed by atoms with van der Waals surface area (Å²) in [5, 5.41) is 15.0. The van der Waals surface area contributed by atoms with Crippen molar-refractivity contribution in [2.75, 3.05) is 0 Å². The summed E-state index contributed by atoms with van der Waals surface area (Å²) in [5.41, 5.74) is 5.21. The van der Waals surface area contributed by atoms with Gasteiger partial charge in [-0.2, -0.15) is 5.26 Å². The molecule has 2 aromatic rings. The van der Waals surface area contributed by atoms with Crippen molar-refractivity contribution in [2.45, 2.75) is 12.8 Å². The number of rotatable bonds is 1. The van der Waals surface area contributed by atoms with Gasteiger partial charge < -0.3 is 0 Å². The first kappa shape index (κ1) is 10.2. The number of allylic oxidation sites excluding steroid dienone is 1. The van der Waals surface area contributed by atoms with E-state index < -0.39 is 0 Å². The van der Waals surface area contributed by atoms with E-state index in [0.717, 1.165) is 29.7 Å². The summed E-state index contributed by atoms with van der Waals surface area (Å²) >= 11 is 1.36. The minimum absolute atomic E-state index is 0.724. The van der Waals surface area contributed by atoms with Crippen LogP contribution in [0.4, 0.5) is 0 Å². The molecule has 1 aromatic heterocycles. The summed E-state index contributed by atoms with van der Waals surface area (Å²) < 4.78 is 3.90. The zero-order chi connectivity index (χ0) is 11.7. The molecule has 17 heavy (non-hydrogen) atoms. The molecular formula is C13H9N3S. The van der Waals surface area contributed by atoms with Gasteiger partial charge in [0.15, 0.2) is 0 Å². The fourth-order valence-electron chi connectivity index (χ4n) is 2.14. The Kier molecular flexibility index (Phi) is 2.46. The second-order valence-electron chi connectivity index (χ2n) is 3.93. The topological polar surface area (TPSA) is 49.6 Å². The molecule has 0 bridgehead atoms. The Morgan fingerprint density at radius 1 is 1.35 bits per heavy atom. The molecule has 3 nitrogen and oxygen atoms in total. The Balaban J connectivity index is 2.12. The van der Waals surface area contributed by atoms with Crippen LogP contribution >= 0.6 is 11.5 Å². The summed E-state index contributed by atoms with van der Waals surface area (Å²) in [6, 6.07) is 8.03. The van der Waals surface area contributed by atoms with E-state index >= 15 is 0 Å². The van der Waals surface area contributed by atoms with Crippen LogP contribution in [0.15, 0.2) is 29.7 Å². The average Bonchev–Trinajstić information content (AvgIpc) is 2.91. The minimum atomic E-state index is 0.724. The van der Waals surface area contributed by atoms with E-state index in [-0.39, 0.29) is 0 Å². The molecule has 82 valence electrons. The van der Waals surface area contributed by atoms with Gasteiger partial charge in [-0.15, -0.1) is 5.10 Å². The van der Waals surface area contributed by atoms with Gasteiger partial charge in [-0.1, -0.05) is 16.6 Å². The van der Waals surface area contributed by atoms with Crippen molar-refractivity contribution in [3.63, 3.8) is 0 Å². The number of nitriles is 1. The van der Waals surface area contributed by atoms with Gasteiger partial charge in [-0.3, -0.25) is 0 Å². The molecular weight excluding hydrogens is 230 g/mol. The van der Waals surface area contributed by atoms with Crippen LogP contribution in [0.1, 0.15) is 28.8 Å². The first-order chi connectivity index (χ1) is 8.38. The Morgan fingerprint density at radius 2 is 2.29 bits per heavy atom. The van der Waals surface area contributed by atoms with E-state index in [1.54, 1.807) is 0 Å². The molecule has 0 amide bonds. The Bertz CT molecular complexity index is 621. The van der Waals surface area contributed by atoms with Gasteiger partial charge in [0.2, 0.25) is 0 Å². The van der Waals surface area contributed by atoms with Crippen LogP contribution in [0.3, 0.4) is 0 Å². The van der Waals surface area contributed by atoms with E-state index in [9.17, 15) is 0 Å². The van der Waals surface area contributed by atoms with Crippen LogP contribution in [0, 0.1) is 11.3 Å². The predicted molar refractivity (Wildman–Crippen MR) is 66.5 cm³/mol. The largest absolute Gasteiger partial charge is 0.192 e. The maximum absolute atomic E-state index is 8.90. The molecule has 1 aliphatic rings. The predicted octanol–water partition coefficient (Wildman–Crippen LogP) is 2.79. The zero-order valence-electron chi connectivity index (χ0n) is 9.05. The average molecular weight is 239 g/mol. The Labute approximate surface area is 103 Å². The van der Waals surface area contributed by atoms with Crippen molar-refractivity contribution in [1.82, 2.24) is 9.59 Å². The van der Waals surface area contributed by atoms with E-state index in [0.29, 0.717) is 0 Å². The number of hydrogen-bond acceptors (Lipinski definition) is 4. The van der Waals surface area contributed by atoms with Crippen LogP contribution in [-0.4, -0.2) is 9.59 Å². The van der Waals surface area contributed by atoms with Crippen molar-refractivity contribution < 1.29 is 0 Å². The number of aryl methyl sites for hydroxylation is 1. The third-order valence-electron chi connectivity index (χ3n) is 2.92. The summed E-state index contributed by atoms with van der Waals surface area (Å²) in [4.78, 5) is 0. The van der Waals surface area contributed by atoms with Gasteiger partial charge in [0.25, 0.3) is 0 Å². The van der Waals surface area contributed by atoms with Gasteiger partial charge in [0.05, 0.1) is 11.6 Å². The molecule has 0 unspecified atom stereocenters. The van der Waals surface area contributed by atoms with Gasteiger partial charge in [-0.25, -0.2) is 0 Å². The lowest BCUT2D eigenvalue weighted by Gasteiger charge is -2.16. The first-order valence-corrected chi connectivity index (χ1v) is 6.23. The molecule has 1 aliphatic carbocycles. The number of nitrogens with zero attached hydrogens (tertiary/aromatic N) is 3. The molecule has 0 spiro atoms. The third kappa shape index (κ3) is 1.75. The number of hydrogen-bond donors (Lipinski definition) is 0. The zero-order valence-corrected chi connectivity index (χ0v) is 9.87. The molecule has 0 radical (unpaired) electrons. The standard InChI is InChI=1S/C13H9N3S/c14-7-9-4-5-11-10(6-9)2-1-3-12(11)13-8-17-16-15-13/h3-6,8H,1-2H2. The maximum Gasteiger partial charge on any atom is 0.106 e. The highest BCUT2D eigenvalue weighted by atomic mass is 32.1. The molecule has 3 rings (SSSR count). The van der Waals surface area contributed by atoms with Crippen molar-refractivity contribution in [3.8, 4) is 6.07 Å². The normalized spacial score (nSPS) is 13.7. The lowest BCUT2D eigenvalue weighted by atomic mass is 9.88. The van der Waals surface area contributed by atoms with Crippen LogP contribution in [0.5, 0.6) is 0 Å². The highest BCUT2D eigenvalue weighted by Gasteiger charge is 2.16. The molecule has 4 heteroatoms. The van der Waals surface area contributed by atoms with Crippen LogP contribution in [0.2, 0.25) is 0 Å². The Morgan fingerprint density at radius 3 is 3.06 bits per heavy atom. The number of aromatic nitrogens is 2. The van der Waals surface area contributed by atoms with E-state index in [1.807, 2.05) is 23.6 Å². The molecule has 1 heterocycles. The van der Waals surface area contributed by atoms with Crippen LogP contribution in [0.25, 0.3) is 5.57 Å². The fraction of sp³-hybridized carbons (Fsp3) is 0.154. The van der Waals surface area contributed by atoms with Crippen LogP contribution < -0.4 is 0 Å². The van der Waals surface area contributed by atoms with Gasteiger partial charge in [0.1, 0.15) is 5.69 Å². The van der Waals surface area contributed by atoms with Crippen molar-refractivity contribution in [2.24, 2.45) is 0 Å². The molecule has 1 aromatic carbocycles. The van der Waals surface area contributed by atoms with Crippen LogP contribution in [-0.2, 0) is 6.42 Å². The monoisotopic (exact) mass is 239 g/mol. The number of benzene rings is 1. The van der Waals surface area contributed by atoms with Gasteiger partial charge in [0, 0.05) is 11.0 Å². The van der Waals surface area contributed by atoms with Crippen molar-refractivity contribution in [3.05, 3.63) is 52.0 Å². The van der Waals surface area contributed by atoms with E-state index in [4.69, 9.17) is 5.26 Å². The second-order valence-corrected chi connectivity index (χ2v) is 4.54. The van der Waals surface area contributed by atoms with Gasteiger partial charge in [-0.05, 0) is 47.6 Å². The highest BCUT2D eigenvalue weighted by molar-refractivity contribution is 7.03. The molecule has 0 aliphatic heterocycles. The van der Waals surface area contributed by atoms with Crippen molar-refractivity contribution in [1.29, 1.82) is 5.26 Å². The third-order valence-corrected chi connectivity index (χ3v) is 3.43. The quantitative estimate of drug-likeness (QED) is 0.768. The minimum Gasteiger partial charge on any atom is -0.192 e. The summed E-state index contributed by atoms with van der Waals surface area (Å²) in [7, 11) is 0. The number of fused-ring (bicyclic) bond motifs is 1. The summed E-state index contributed by atoms with van der Waals surface area (Å²) in [6.45, 7) is 0. The Hall–Kier alpha value is -1.99. The van der Waals surface area contributed by atoms with Gasteiger partial charge >= 0.3 is 0 Å². The SMILES string of the molecule is N#Cc1ccc2c(c1)CCC=C2c1csnn1. The maximum atomic E-state index is 8.90. The first-order valence-electron chi connectivity index (χ1n) is 5.39. The lowest BCUT2D eigenvalue weighted by Crippen LogP contribution is -2.01. The molecule has 0 atom stereocenters. The second kappa shape index (κ2) is 4.11. The molecule has 0 saturated heterocycles. The molecule has 0 N–H and O–H groups in total. The lowest BCUT2D eigenvalue weighted by molar-refractivity contribution is 0.971. The highest BCUT2D eigenvalue weighted by Crippen LogP contribution is 2.31. The fourth-order valence-corrected chi connectivity index (χ4v) is 2.60. The summed E-state index contributed by atoms with van der Waals surface area (Å²) in [5.74, 6) is 0. The summed E-state index contributed by atoms with van der Waals surface area (Å²) in [6.07, 6.45) is 4.19. The molecule has 0 saturated carbocycles. The smallest absolute Gasteiger partial charge is 0.106 e. The van der Waals surface area contributed by atoms with E-state index in [1.165, 1.54) is 22.7 Å². The van der Waals surface area contributed by atoms with Crippen molar-refractivity contribution >= 4 is 17.1 Å².